The fraction of sp³-hybridized carbons (Fsp3) is 0.527. The van der Waals surface area contributed by atoms with Gasteiger partial charge in [0.2, 0.25) is 0 Å². The normalized spacial score (nSPS) is 11.1. The number of benzene rings is 3. The van der Waals surface area contributed by atoms with Gasteiger partial charge in [-0.2, -0.15) is 0 Å². The van der Waals surface area contributed by atoms with Crippen LogP contribution >= 0.6 is 0 Å². The molecule has 0 fully saturated rings. The summed E-state index contributed by atoms with van der Waals surface area (Å²) in [5.41, 5.74) is 4.47. The number of aromatic nitrogens is 4. The van der Waals surface area contributed by atoms with Gasteiger partial charge in [0.15, 0.2) is 11.6 Å². The lowest BCUT2D eigenvalue weighted by Gasteiger charge is -2.10. The molecule has 0 bridgehead atoms. The summed E-state index contributed by atoms with van der Waals surface area (Å²) in [6, 6.07) is 24.3. The highest BCUT2D eigenvalue weighted by molar-refractivity contribution is 5.56. The molecule has 0 atom stereocenters. The smallest absolute Gasteiger partial charge is 0.159 e. The van der Waals surface area contributed by atoms with E-state index in [1.54, 1.807) is 0 Å². The molecule has 0 aliphatic rings. The van der Waals surface area contributed by atoms with Gasteiger partial charge in [-0.05, 0) is 136 Å². The molecule has 0 amide bonds. The first kappa shape index (κ1) is 49.0. The molecule has 0 unspecified atom stereocenters. The second kappa shape index (κ2) is 31.0. The largest absolute Gasteiger partial charge is 0.494 e. The van der Waals surface area contributed by atoms with E-state index in [0.717, 1.165) is 117 Å². The highest BCUT2D eigenvalue weighted by Gasteiger charge is 2.06. The van der Waals surface area contributed by atoms with Crippen LogP contribution in [0.2, 0.25) is 0 Å². The molecule has 0 spiro atoms. The van der Waals surface area contributed by atoms with E-state index >= 15 is 0 Å². The standard InChI is InChI=1S/C55H76N4O4/c1-3-5-7-9-12-18-25-46-42-56-54(57-43-46)48-29-33-50(34-30-48)60-37-20-14-11-15-21-39-62-52-27-24-28-53(41-52)63-40-23-17-16-22-38-61-51-35-31-49(32-36-51)55-58-44-47(45-59-55)26-19-13-10-8-6-4-2/h24,27-36,41-45H,3-23,25-26,37-40H2,1-2H3. The molecule has 0 radical (unpaired) electrons. The molecule has 0 aliphatic heterocycles. The molecule has 2 heterocycles. The molecule has 0 aliphatic carbocycles. The van der Waals surface area contributed by atoms with E-state index in [0.29, 0.717) is 19.8 Å². The molecule has 340 valence electrons. The Balaban J connectivity index is 0.825. The van der Waals surface area contributed by atoms with Crippen molar-refractivity contribution < 1.29 is 18.9 Å². The topological polar surface area (TPSA) is 88.5 Å². The summed E-state index contributed by atoms with van der Waals surface area (Å²) in [7, 11) is 0. The van der Waals surface area contributed by atoms with Crippen LogP contribution in [0.4, 0.5) is 0 Å². The number of ether oxygens (including phenoxy) is 4. The van der Waals surface area contributed by atoms with E-state index in [-0.39, 0.29) is 0 Å². The van der Waals surface area contributed by atoms with Crippen LogP contribution in [0.25, 0.3) is 22.8 Å². The van der Waals surface area contributed by atoms with E-state index in [2.05, 4.69) is 33.8 Å². The monoisotopic (exact) mass is 857 g/mol. The van der Waals surface area contributed by atoms with Crippen LogP contribution in [0.3, 0.4) is 0 Å². The molecule has 8 nitrogen and oxygen atoms in total. The van der Waals surface area contributed by atoms with Crippen LogP contribution in [0.1, 0.15) is 160 Å². The van der Waals surface area contributed by atoms with Gasteiger partial charge in [-0.3, -0.25) is 0 Å². The van der Waals surface area contributed by atoms with E-state index in [9.17, 15) is 0 Å². The molecule has 8 heteroatoms. The molecule has 5 aromatic rings. The van der Waals surface area contributed by atoms with Crippen molar-refractivity contribution in [1.29, 1.82) is 0 Å². The Kier molecular flexibility index (Phi) is 24.1. The molecule has 0 saturated carbocycles. The zero-order valence-corrected chi connectivity index (χ0v) is 38.8. The second-order valence-corrected chi connectivity index (χ2v) is 17.0. The summed E-state index contributed by atoms with van der Waals surface area (Å²) in [5, 5.41) is 0. The average Bonchev–Trinajstić information content (AvgIpc) is 3.32. The third-order valence-corrected chi connectivity index (χ3v) is 11.5. The number of hydrogen-bond donors (Lipinski definition) is 0. The first-order valence-corrected chi connectivity index (χ1v) is 24.6. The van der Waals surface area contributed by atoms with E-state index in [1.807, 2.05) is 97.6 Å². The van der Waals surface area contributed by atoms with Crippen molar-refractivity contribution >= 4 is 0 Å². The number of hydrogen-bond acceptors (Lipinski definition) is 8. The summed E-state index contributed by atoms with van der Waals surface area (Å²) in [4.78, 5) is 18.5. The zero-order valence-electron chi connectivity index (χ0n) is 38.8. The van der Waals surface area contributed by atoms with Gasteiger partial charge in [0.25, 0.3) is 0 Å². The van der Waals surface area contributed by atoms with Crippen molar-refractivity contribution in [2.75, 3.05) is 26.4 Å². The van der Waals surface area contributed by atoms with Gasteiger partial charge in [0.1, 0.15) is 23.0 Å². The van der Waals surface area contributed by atoms with Crippen molar-refractivity contribution in [3.63, 3.8) is 0 Å². The highest BCUT2D eigenvalue weighted by atomic mass is 16.5. The van der Waals surface area contributed by atoms with Crippen LogP contribution in [0.5, 0.6) is 23.0 Å². The maximum absolute atomic E-state index is 6.04. The second-order valence-electron chi connectivity index (χ2n) is 17.0. The van der Waals surface area contributed by atoms with Crippen LogP contribution in [0, 0.1) is 0 Å². The molecular weight excluding hydrogens is 781 g/mol. The lowest BCUT2D eigenvalue weighted by molar-refractivity contribution is 0.281. The Bertz CT molecular complexity index is 1880. The minimum atomic E-state index is 0.700. The van der Waals surface area contributed by atoms with Crippen LogP contribution < -0.4 is 18.9 Å². The van der Waals surface area contributed by atoms with Crippen molar-refractivity contribution in [2.45, 2.75) is 162 Å². The van der Waals surface area contributed by atoms with Gasteiger partial charge in [-0.25, -0.2) is 19.9 Å². The molecule has 0 saturated heterocycles. The predicted molar refractivity (Wildman–Crippen MR) is 259 cm³/mol. The SMILES string of the molecule is CCCCCCCCc1cnc(-c2ccc(OCCCCCCCOc3cccc(OCCCCCCOc4ccc(-c5ncc(CCCCCCCC)cn5)cc4)c3)cc2)nc1. The third-order valence-electron chi connectivity index (χ3n) is 11.5. The van der Waals surface area contributed by atoms with Gasteiger partial charge < -0.3 is 18.9 Å². The minimum Gasteiger partial charge on any atom is -0.494 e. The maximum atomic E-state index is 6.04. The van der Waals surface area contributed by atoms with Crippen LogP contribution in [0.15, 0.2) is 97.6 Å². The summed E-state index contributed by atoms with van der Waals surface area (Å²) in [6.07, 6.45) is 35.4. The molecule has 0 N–H and O–H groups in total. The Morgan fingerprint density at radius 2 is 0.651 bits per heavy atom. The first-order chi connectivity index (χ1) is 31.2. The molecular formula is C55H76N4O4. The van der Waals surface area contributed by atoms with Gasteiger partial charge in [0, 0.05) is 42.0 Å². The van der Waals surface area contributed by atoms with Gasteiger partial charge in [-0.15, -0.1) is 0 Å². The van der Waals surface area contributed by atoms with Crippen molar-refractivity contribution in [1.82, 2.24) is 19.9 Å². The predicted octanol–water partition coefficient (Wildman–Crippen LogP) is 14.8. The zero-order chi connectivity index (χ0) is 43.8. The van der Waals surface area contributed by atoms with Crippen molar-refractivity contribution in [2.24, 2.45) is 0 Å². The highest BCUT2D eigenvalue weighted by Crippen LogP contribution is 2.23. The Morgan fingerprint density at radius 3 is 1.02 bits per heavy atom. The number of unbranched alkanes of at least 4 members (excludes halogenated alkanes) is 17. The Morgan fingerprint density at radius 1 is 0.333 bits per heavy atom. The maximum Gasteiger partial charge on any atom is 0.159 e. The lowest BCUT2D eigenvalue weighted by Crippen LogP contribution is -2.01. The van der Waals surface area contributed by atoms with Crippen LogP contribution in [-0.2, 0) is 12.8 Å². The quantitative estimate of drug-likeness (QED) is 0.0372. The van der Waals surface area contributed by atoms with Gasteiger partial charge in [0.05, 0.1) is 26.4 Å². The third kappa shape index (κ3) is 20.4. The summed E-state index contributed by atoms with van der Waals surface area (Å²) < 4.78 is 24.1. The van der Waals surface area contributed by atoms with Crippen molar-refractivity contribution in [3.8, 4) is 45.8 Å². The van der Waals surface area contributed by atoms with E-state index < -0.39 is 0 Å². The van der Waals surface area contributed by atoms with Gasteiger partial charge in [-0.1, -0.05) is 103 Å². The first-order valence-electron chi connectivity index (χ1n) is 24.6. The Hall–Kier alpha value is -4.98. The Labute approximate surface area is 380 Å². The number of nitrogens with zero attached hydrogens (tertiary/aromatic N) is 4. The van der Waals surface area contributed by atoms with E-state index in [1.165, 1.54) is 94.6 Å². The summed E-state index contributed by atoms with van der Waals surface area (Å²) in [5.74, 6) is 5.04. The summed E-state index contributed by atoms with van der Waals surface area (Å²) >= 11 is 0. The fourth-order valence-electron chi connectivity index (χ4n) is 7.59. The molecule has 3 aromatic carbocycles. The minimum absolute atomic E-state index is 0.700. The van der Waals surface area contributed by atoms with E-state index in [4.69, 9.17) is 18.9 Å². The van der Waals surface area contributed by atoms with Gasteiger partial charge >= 0.3 is 0 Å². The molecule has 63 heavy (non-hydrogen) atoms. The average molecular weight is 857 g/mol. The molecule has 2 aromatic heterocycles. The number of aryl methyl sites for hydroxylation is 2. The number of rotatable bonds is 35. The fourth-order valence-corrected chi connectivity index (χ4v) is 7.59. The molecule has 5 rings (SSSR count). The lowest BCUT2D eigenvalue weighted by atomic mass is 10.1. The summed E-state index contributed by atoms with van der Waals surface area (Å²) in [6.45, 7) is 7.36. The van der Waals surface area contributed by atoms with Crippen LogP contribution in [-0.4, -0.2) is 46.4 Å². The van der Waals surface area contributed by atoms with Crippen molar-refractivity contribution in [3.05, 3.63) is 109 Å².